The molecule has 1 saturated heterocycles. The number of aryl methyl sites for hydroxylation is 1. The third kappa shape index (κ3) is 2.58. The Hall–Kier alpha value is -1.61. The molecule has 4 rings (SSSR count). The molecule has 1 aromatic heterocycles. The lowest BCUT2D eigenvalue weighted by molar-refractivity contribution is 0.703. The fourth-order valence-corrected chi connectivity index (χ4v) is 3.52. The Morgan fingerprint density at radius 3 is 2.64 bits per heavy atom. The van der Waals surface area contributed by atoms with Gasteiger partial charge < -0.3 is 4.90 Å². The summed E-state index contributed by atoms with van der Waals surface area (Å²) in [6.07, 6.45) is 6.78. The van der Waals surface area contributed by atoms with Gasteiger partial charge in [-0.25, -0.2) is 4.98 Å². The summed E-state index contributed by atoms with van der Waals surface area (Å²) in [5.74, 6) is 1.72. The van der Waals surface area contributed by atoms with Crippen LogP contribution in [0.3, 0.4) is 0 Å². The van der Waals surface area contributed by atoms with Crippen molar-refractivity contribution in [2.45, 2.75) is 44.6 Å². The third-order valence-corrected chi connectivity index (χ3v) is 4.90. The summed E-state index contributed by atoms with van der Waals surface area (Å²) in [6, 6.07) is 8.64. The predicted octanol–water partition coefficient (Wildman–Crippen LogP) is 4.66. The van der Waals surface area contributed by atoms with Crippen LogP contribution in [0, 0.1) is 6.92 Å². The first kappa shape index (κ1) is 14.0. The highest BCUT2D eigenvalue weighted by molar-refractivity contribution is 6.30. The first-order valence-electron chi connectivity index (χ1n) is 8.08. The fraction of sp³-hybridized carbons (Fsp3) is 0.444. The highest BCUT2D eigenvalue weighted by Gasteiger charge is 2.34. The van der Waals surface area contributed by atoms with Gasteiger partial charge in [0.2, 0.25) is 0 Å². The molecule has 4 heteroatoms. The van der Waals surface area contributed by atoms with Gasteiger partial charge in [0.25, 0.3) is 0 Å². The lowest BCUT2D eigenvalue weighted by Crippen LogP contribution is -2.25. The van der Waals surface area contributed by atoms with Crippen LogP contribution < -0.4 is 4.90 Å². The van der Waals surface area contributed by atoms with E-state index < -0.39 is 0 Å². The molecular formula is C18H20ClN3. The molecule has 0 spiro atoms. The van der Waals surface area contributed by atoms with Gasteiger partial charge in [-0.1, -0.05) is 23.7 Å². The molecule has 2 aliphatic rings. The topological polar surface area (TPSA) is 29.0 Å². The summed E-state index contributed by atoms with van der Waals surface area (Å²) >= 11 is 6.03. The van der Waals surface area contributed by atoms with Gasteiger partial charge in [-0.2, -0.15) is 0 Å². The highest BCUT2D eigenvalue weighted by Crippen LogP contribution is 2.45. The smallest absolute Gasteiger partial charge is 0.151 e. The second-order valence-electron chi connectivity index (χ2n) is 6.40. The minimum atomic E-state index is 0.395. The van der Waals surface area contributed by atoms with Crippen LogP contribution in [-0.2, 0) is 0 Å². The molecule has 1 atom stereocenters. The fourth-order valence-electron chi connectivity index (χ4n) is 3.39. The van der Waals surface area contributed by atoms with E-state index in [-0.39, 0.29) is 0 Å². The normalized spacial score (nSPS) is 21.4. The molecule has 2 heterocycles. The van der Waals surface area contributed by atoms with E-state index in [2.05, 4.69) is 17.0 Å². The molecule has 114 valence electrons. The van der Waals surface area contributed by atoms with Crippen molar-refractivity contribution in [2.75, 3.05) is 11.4 Å². The van der Waals surface area contributed by atoms with Crippen molar-refractivity contribution in [3.05, 3.63) is 52.4 Å². The van der Waals surface area contributed by atoms with Crippen molar-refractivity contribution in [1.29, 1.82) is 0 Å². The number of rotatable bonds is 3. The maximum Gasteiger partial charge on any atom is 0.151 e. The Bertz CT molecular complexity index is 679. The second kappa shape index (κ2) is 5.54. The molecule has 1 aromatic carbocycles. The molecule has 2 aromatic rings. The van der Waals surface area contributed by atoms with Crippen LogP contribution >= 0.6 is 11.6 Å². The van der Waals surface area contributed by atoms with Crippen LogP contribution in [0.5, 0.6) is 0 Å². The van der Waals surface area contributed by atoms with E-state index in [9.17, 15) is 0 Å². The van der Waals surface area contributed by atoms with Gasteiger partial charge in [0.1, 0.15) is 0 Å². The monoisotopic (exact) mass is 313 g/mol. The Morgan fingerprint density at radius 1 is 1.14 bits per heavy atom. The Kier molecular flexibility index (Phi) is 3.53. The average Bonchev–Trinajstić information content (AvgIpc) is 3.26. The van der Waals surface area contributed by atoms with Crippen LogP contribution in [0.4, 0.5) is 5.82 Å². The SMILES string of the molecule is Cc1cnc(N2CCCC2c2ccc(Cl)cc2)c(C2CC2)n1. The van der Waals surface area contributed by atoms with Crippen LogP contribution in [0.2, 0.25) is 5.02 Å². The van der Waals surface area contributed by atoms with E-state index in [4.69, 9.17) is 21.6 Å². The van der Waals surface area contributed by atoms with Gasteiger partial charge in [0, 0.05) is 17.5 Å². The van der Waals surface area contributed by atoms with Crippen molar-refractivity contribution < 1.29 is 0 Å². The number of anilines is 1. The molecule has 0 amide bonds. The molecule has 1 aliphatic carbocycles. The zero-order valence-corrected chi connectivity index (χ0v) is 13.6. The first-order valence-corrected chi connectivity index (χ1v) is 8.46. The zero-order valence-electron chi connectivity index (χ0n) is 12.8. The number of nitrogens with zero attached hydrogens (tertiary/aromatic N) is 3. The molecule has 0 radical (unpaired) electrons. The zero-order chi connectivity index (χ0) is 15.1. The van der Waals surface area contributed by atoms with E-state index in [1.54, 1.807) is 0 Å². The Balaban J connectivity index is 1.70. The number of halogens is 1. The minimum absolute atomic E-state index is 0.395. The molecular weight excluding hydrogens is 294 g/mol. The van der Waals surface area contributed by atoms with Crippen molar-refractivity contribution >= 4 is 17.4 Å². The largest absolute Gasteiger partial charge is 0.348 e. The summed E-state index contributed by atoms with van der Waals surface area (Å²) < 4.78 is 0. The molecule has 1 aliphatic heterocycles. The van der Waals surface area contributed by atoms with Gasteiger partial charge in [-0.15, -0.1) is 0 Å². The van der Waals surface area contributed by atoms with Gasteiger partial charge in [-0.3, -0.25) is 4.98 Å². The lowest BCUT2D eigenvalue weighted by atomic mass is 10.0. The van der Waals surface area contributed by atoms with Crippen LogP contribution in [-0.4, -0.2) is 16.5 Å². The molecule has 1 unspecified atom stereocenters. The molecule has 3 nitrogen and oxygen atoms in total. The van der Waals surface area contributed by atoms with Gasteiger partial charge in [0.15, 0.2) is 5.82 Å². The van der Waals surface area contributed by atoms with Crippen molar-refractivity contribution in [3.63, 3.8) is 0 Å². The second-order valence-corrected chi connectivity index (χ2v) is 6.83. The maximum atomic E-state index is 6.03. The number of hydrogen-bond donors (Lipinski definition) is 0. The van der Waals surface area contributed by atoms with Crippen LogP contribution in [0.1, 0.15) is 54.6 Å². The lowest BCUT2D eigenvalue weighted by Gasteiger charge is -2.28. The van der Waals surface area contributed by atoms with Gasteiger partial charge in [-0.05, 0) is 50.3 Å². The Labute approximate surface area is 136 Å². The molecule has 1 saturated carbocycles. The van der Waals surface area contributed by atoms with Crippen molar-refractivity contribution in [2.24, 2.45) is 0 Å². The summed E-state index contributed by atoms with van der Waals surface area (Å²) in [7, 11) is 0. The average molecular weight is 314 g/mol. The molecule has 0 bridgehead atoms. The van der Waals surface area contributed by atoms with Gasteiger partial charge in [0.05, 0.1) is 23.6 Å². The predicted molar refractivity (Wildman–Crippen MR) is 89.5 cm³/mol. The van der Waals surface area contributed by atoms with Crippen molar-refractivity contribution in [3.8, 4) is 0 Å². The van der Waals surface area contributed by atoms with Crippen LogP contribution in [0.25, 0.3) is 0 Å². The number of hydrogen-bond acceptors (Lipinski definition) is 3. The number of benzene rings is 1. The first-order chi connectivity index (χ1) is 10.7. The summed E-state index contributed by atoms with van der Waals surface area (Å²) in [5.41, 5.74) is 3.56. The highest BCUT2D eigenvalue weighted by atomic mass is 35.5. The minimum Gasteiger partial charge on any atom is -0.348 e. The van der Waals surface area contributed by atoms with Crippen molar-refractivity contribution in [1.82, 2.24) is 9.97 Å². The molecule has 22 heavy (non-hydrogen) atoms. The Morgan fingerprint density at radius 2 is 1.91 bits per heavy atom. The summed E-state index contributed by atoms with van der Waals surface area (Å²) in [5, 5.41) is 0.794. The van der Waals surface area contributed by atoms with E-state index in [0.29, 0.717) is 12.0 Å². The maximum absolute atomic E-state index is 6.03. The number of aromatic nitrogens is 2. The van der Waals surface area contributed by atoms with Crippen LogP contribution in [0.15, 0.2) is 30.5 Å². The van der Waals surface area contributed by atoms with E-state index in [1.807, 2.05) is 25.3 Å². The molecule has 2 fully saturated rings. The van der Waals surface area contributed by atoms with E-state index >= 15 is 0 Å². The van der Waals surface area contributed by atoms with Gasteiger partial charge >= 0.3 is 0 Å². The molecule has 0 N–H and O–H groups in total. The standard InChI is InChI=1S/C18H20ClN3/c1-12-11-20-18(17(21-12)14-4-5-14)22-10-2-3-16(22)13-6-8-15(19)9-7-13/h6-9,11,14,16H,2-5,10H2,1H3. The quantitative estimate of drug-likeness (QED) is 0.825. The van der Waals surface area contributed by atoms with E-state index in [0.717, 1.165) is 23.1 Å². The summed E-state index contributed by atoms with van der Waals surface area (Å²) in [6.45, 7) is 3.09. The summed E-state index contributed by atoms with van der Waals surface area (Å²) in [4.78, 5) is 12.0. The third-order valence-electron chi connectivity index (χ3n) is 4.64. The van der Waals surface area contributed by atoms with E-state index in [1.165, 1.54) is 36.9 Å².